The van der Waals surface area contributed by atoms with E-state index in [0.29, 0.717) is 11.3 Å². The number of aromatic nitrogens is 2. The standard InChI is InChI=1S/C13H10Cl2N2O4/c1-19-10-5-11(20-2)17-13(16-10)21-12-7(6-18)3-8(14)4-9(12)15/h3-6H,1-2H3. The van der Waals surface area contributed by atoms with E-state index in [1.165, 1.54) is 32.4 Å². The van der Waals surface area contributed by atoms with Crippen molar-refractivity contribution in [3.63, 3.8) is 0 Å². The van der Waals surface area contributed by atoms with Crippen LogP contribution in [0.1, 0.15) is 10.4 Å². The number of rotatable bonds is 5. The Hall–Kier alpha value is -2.05. The number of carbonyl (C=O) groups is 1. The number of hydrogen-bond acceptors (Lipinski definition) is 6. The lowest BCUT2D eigenvalue weighted by atomic mass is 10.2. The first-order chi connectivity index (χ1) is 10.1. The van der Waals surface area contributed by atoms with Gasteiger partial charge in [0.2, 0.25) is 11.8 Å². The Bertz CT molecular complexity index is 657. The lowest BCUT2D eigenvalue weighted by Gasteiger charge is -2.10. The number of nitrogens with zero attached hydrogens (tertiary/aromatic N) is 2. The van der Waals surface area contributed by atoms with Gasteiger partial charge >= 0.3 is 6.01 Å². The Morgan fingerprint density at radius 3 is 2.19 bits per heavy atom. The van der Waals surface area contributed by atoms with E-state index in [2.05, 4.69) is 9.97 Å². The molecule has 0 N–H and O–H groups in total. The summed E-state index contributed by atoms with van der Waals surface area (Å²) in [6.07, 6.45) is 0.574. The summed E-state index contributed by atoms with van der Waals surface area (Å²) < 4.78 is 15.5. The number of benzene rings is 1. The average molecular weight is 329 g/mol. The normalized spacial score (nSPS) is 10.1. The van der Waals surface area contributed by atoms with Gasteiger partial charge in [0.1, 0.15) is 0 Å². The summed E-state index contributed by atoms with van der Waals surface area (Å²) in [5.41, 5.74) is 0.179. The maximum atomic E-state index is 11.1. The molecule has 110 valence electrons. The van der Waals surface area contributed by atoms with Crippen molar-refractivity contribution < 1.29 is 19.0 Å². The Labute approximate surface area is 130 Å². The summed E-state index contributed by atoms with van der Waals surface area (Å²) in [7, 11) is 2.88. The molecule has 0 saturated heterocycles. The van der Waals surface area contributed by atoms with Crippen LogP contribution < -0.4 is 14.2 Å². The van der Waals surface area contributed by atoms with Crippen molar-refractivity contribution in [1.82, 2.24) is 9.97 Å². The molecule has 0 aliphatic carbocycles. The van der Waals surface area contributed by atoms with Gasteiger partial charge in [-0.05, 0) is 12.1 Å². The van der Waals surface area contributed by atoms with E-state index in [4.69, 9.17) is 37.4 Å². The van der Waals surface area contributed by atoms with Crippen molar-refractivity contribution in [2.45, 2.75) is 0 Å². The molecule has 1 heterocycles. The smallest absolute Gasteiger partial charge is 0.328 e. The van der Waals surface area contributed by atoms with Crippen molar-refractivity contribution in [3.8, 4) is 23.5 Å². The van der Waals surface area contributed by atoms with E-state index in [9.17, 15) is 4.79 Å². The summed E-state index contributed by atoms with van der Waals surface area (Å²) in [4.78, 5) is 19.1. The first-order valence-electron chi connectivity index (χ1n) is 5.66. The van der Waals surface area contributed by atoms with E-state index in [1.807, 2.05) is 0 Å². The molecular weight excluding hydrogens is 319 g/mol. The Morgan fingerprint density at radius 2 is 1.67 bits per heavy atom. The van der Waals surface area contributed by atoms with Crippen LogP contribution in [0.3, 0.4) is 0 Å². The maximum absolute atomic E-state index is 11.1. The predicted octanol–water partition coefficient (Wildman–Crippen LogP) is 3.41. The molecular formula is C13H10Cl2N2O4. The fourth-order valence-corrected chi connectivity index (χ4v) is 2.05. The van der Waals surface area contributed by atoms with E-state index in [1.54, 1.807) is 0 Å². The highest BCUT2D eigenvalue weighted by atomic mass is 35.5. The number of methoxy groups -OCH3 is 2. The molecule has 0 bridgehead atoms. The van der Waals surface area contributed by atoms with Crippen LogP contribution >= 0.6 is 23.2 Å². The van der Waals surface area contributed by atoms with Crippen LogP contribution in [0.4, 0.5) is 0 Å². The quantitative estimate of drug-likeness (QED) is 0.783. The minimum atomic E-state index is -0.0708. The van der Waals surface area contributed by atoms with E-state index < -0.39 is 0 Å². The van der Waals surface area contributed by atoms with Gasteiger partial charge in [0, 0.05) is 5.02 Å². The third-order valence-corrected chi connectivity index (χ3v) is 2.93. The molecule has 0 aliphatic rings. The summed E-state index contributed by atoms with van der Waals surface area (Å²) in [5, 5.41) is 0.480. The fraction of sp³-hybridized carbons (Fsp3) is 0.154. The first kappa shape index (κ1) is 15.3. The van der Waals surface area contributed by atoms with Gasteiger partial charge in [-0.3, -0.25) is 4.79 Å². The second-order valence-corrected chi connectivity index (χ2v) is 4.60. The predicted molar refractivity (Wildman–Crippen MR) is 77.1 cm³/mol. The van der Waals surface area contributed by atoms with Gasteiger partial charge < -0.3 is 14.2 Å². The van der Waals surface area contributed by atoms with E-state index >= 15 is 0 Å². The van der Waals surface area contributed by atoms with Crippen LogP contribution in [0.5, 0.6) is 23.5 Å². The third-order valence-electron chi connectivity index (χ3n) is 2.43. The molecule has 0 spiro atoms. The van der Waals surface area contributed by atoms with Crippen molar-refractivity contribution in [3.05, 3.63) is 33.8 Å². The second-order valence-electron chi connectivity index (χ2n) is 3.76. The first-order valence-corrected chi connectivity index (χ1v) is 6.42. The molecule has 6 nitrogen and oxygen atoms in total. The highest BCUT2D eigenvalue weighted by Gasteiger charge is 2.14. The zero-order valence-electron chi connectivity index (χ0n) is 11.1. The number of halogens is 2. The summed E-state index contributed by atoms with van der Waals surface area (Å²) in [5.74, 6) is 0.593. The molecule has 2 rings (SSSR count). The highest BCUT2D eigenvalue weighted by Crippen LogP contribution is 2.34. The third kappa shape index (κ3) is 3.53. The Balaban J connectivity index is 2.44. The topological polar surface area (TPSA) is 70.5 Å². The van der Waals surface area contributed by atoms with E-state index in [0.717, 1.165) is 0 Å². The molecule has 1 aromatic carbocycles. The summed E-state index contributed by atoms with van der Waals surface area (Å²) in [6, 6.07) is 4.28. The van der Waals surface area contributed by atoms with Crippen molar-refractivity contribution >= 4 is 29.5 Å². The van der Waals surface area contributed by atoms with Gasteiger partial charge in [-0.1, -0.05) is 23.2 Å². The van der Waals surface area contributed by atoms with Crippen LogP contribution in [0.2, 0.25) is 10.0 Å². The van der Waals surface area contributed by atoms with E-state index in [-0.39, 0.29) is 34.1 Å². The SMILES string of the molecule is COc1cc(OC)nc(Oc2c(Cl)cc(Cl)cc2C=O)n1. The van der Waals surface area contributed by atoms with Gasteiger partial charge in [-0.15, -0.1) is 0 Å². The van der Waals surface area contributed by atoms with Crippen LogP contribution in [0.25, 0.3) is 0 Å². The Morgan fingerprint density at radius 1 is 1.05 bits per heavy atom. The molecule has 0 saturated carbocycles. The highest BCUT2D eigenvalue weighted by molar-refractivity contribution is 6.36. The van der Waals surface area contributed by atoms with Crippen molar-refractivity contribution in [2.24, 2.45) is 0 Å². The van der Waals surface area contributed by atoms with Crippen LogP contribution in [-0.2, 0) is 0 Å². The summed E-state index contributed by atoms with van der Waals surface area (Å²) >= 11 is 11.9. The molecule has 21 heavy (non-hydrogen) atoms. The van der Waals surface area contributed by atoms with Crippen LogP contribution in [0, 0.1) is 0 Å². The largest absolute Gasteiger partial charge is 0.481 e. The molecule has 0 amide bonds. The van der Waals surface area contributed by atoms with Crippen LogP contribution in [0.15, 0.2) is 18.2 Å². The van der Waals surface area contributed by atoms with Gasteiger partial charge in [0.05, 0.1) is 30.9 Å². The second kappa shape index (κ2) is 6.60. The van der Waals surface area contributed by atoms with Crippen LogP contribution in [-0.4, -0.2) is 30.5 Å². The fourth-order valence-electron chi connectivity index (χ4n) is 1.51. The van der Waals surface area contributed by atoms with Gasteiger partial charge in [0.25, 0.3) is 0 Å². The minimum Gasteiger partial charge on any atom is -0.481 e. The number of hydrogen-bond donors (Lipinski definition) is 0. The molecule has 0 radical (unpaired) electrons. The zero-order valence-corrected chi connectivity index (χ0v) is 12.6. The number of carbonyl (C=O) groups excluding carboxylic acids is 1. The lowest BCUT2D eigenvalue weighted by Crippen LogP contribution is -2.00. The molecule has 1 aromatic heterocycles. The molecule has 0 fully saturated rings. The zero-order chi connectivity index (χ0) is 15.4. The minimum absolute atomic E-state index is 0.0708. The lowest BCUT2D eigenvalue weighted by molar-refractivity contribution is 0.112. The number of aldehydes is 1. The molecule has 8 heteroatoms. The molecule has 2 aromatic rings. The molecule has 0 aliphatic heterocycles. The molecule has 0 unspecified atom stereocenters. The maximum Gasteiger partial charge on any atom is 0.328 e. The number of ether oxygens (including phenoxy) is 3. The molecule has 0 atom stereocenters. The monoisotopic (exact) mass is 328 g/mol. The van der Waals surface area contributed by atoms with Gasteiger partial charge in [0.15, 0.2) is 12.0 Å². The summed E-state index contributed by atoms with van der Waals surface area (Å²) in [6.45, 7) is 0. The van der Waals surface area contributed by atoms with Crippen molar-refractivity contribution in [1.29, 1.82) is 0 Å². The van der Waals surface area contributed by atoms with Gasteiger partial charge in [-0.2, -0.15) is 9.97 Å². The Kier molecular flexibility index (Phi) is 4.82. The van der Waals surface area contributed by atoms with Gasteiger partial charge in [-0.25, -0.2) is 0 Å². The van der Waals surface area contributed by atoms with Crippen molar-refractivity contribution in [2.75, 3.05) is 14.2 Å². The average Bonchev–Trinajstić information content (AvgIpc) is 2.49.